The maximum atomic E-state index is 11.1. The van der Waals surface area contributed by atoms with Crippen molar-refractivity contribution < 1.29 is 9.90 Å². The first-order valence-electron chi connectivity index (χ1n) is 4.46. The minimum atomic E-state index is -0.121. The van der Waals surface area contributed by atoms with Gasteiger partial charge >= 0.3 is 0 Å². The summed E-state index contributed by atoms with van der Waals surface area (Å²) in [6, 6.07) is -0.121. The Morgan fingerprint density at radius 1 is 1.42 bits per heavy atom. The summed E-state index contributed by atoms with van der Waals surface area (Å²) in [4.78, 5) is 11.1. The number of amides is 1. The molecule has 0 aliphatic rings. The van der Waals surface area contributed by atoms with Crippen LogP contribution in [0.5, 0.6) is 0 Å². The number of aliphatic hydroxyl groups excluding tert-OH is 1. The number of rotatable bonds is 5. The molecule has 0 radical (unpaired) electrons. The molecule has 0 spiro atoms. The van der Waals surface area contributed by atoms with E-state index in [0.29, 0.717) is 12.3 Å². The van der Waals surface area contributed by atoms with E-state index in [1.54, 1.807) is 6.92 Å². The molecular formula is C9H19NO2. The molecule has 3 heteroatoms. The Morgan fingerprint density at radius 2 is 2.00 bits per heavy atom. The normalized spacial score (nSPS) is 13.1. The average Bonchev–Trinajstić information content (AvgIpc) is 2.00. The molecule has 0 aliphatic carbocycles. The summed E-state index contributed by atoms with van der Waals surface area (Å²) in [6.45, 7) is 5.96. The van der Waals surface area contributed by atoms with Gasteiger partial charge in [0, 0.05) is 12.5 Å². The van der Waals surface area contributed by atoms with Gasteiger partial charge in [-0.3, -0.25) is 4.79 Å². The van der Waals surface area contributed by atoms with Crippen LogP contribution in [-0.2, 0) is 4.79 Å². The number of aliphatic hydroxyl groups is 1. The Kier molecular flexibility index (Phi) is 5.72. The highest BCUT2D eigenvalue weighted by Gasteiger charge is 2.06. The van der Waals surface area contributed by atoms with Crippen LogP contribution in [-0.4, -0.2) is 23.7 Å². The van der Waals surface area contributed by atoms with Crippen molar-refractivity contribution in [2.24, 2.45) is 5.92 Å². The van der Waals surface area contributed by atoms with E-state index in [-0.39, 0.29) is 18.6 Å². The molecule has 0 heterocycles. The van der Waals surface area contributed by atoms with Crippen LogP contribution in [0.15, 0.2) is 0 Å². The van der Waals surface area contributed by atoms with Crippen LogP contribution in [0.3, 0.4) is 0 Å². The van der Waals surface area contributed by atoms with Gasteiger partial charge < -0.3 is 10.4 Å². The predicted octanol–water partition coefficient (Wildman–Crippen LogP) is 0.920. The Balaban J connectivity index is 3.46. The Morgan fingerprint density at radius 3 is 2.42 bits per heavy atom. The molecule has 0 saturated heterocycles. The number of hydrogen-bond acceptors (Lipinski definition) is 2. The van der Waals surface area contributed by atoms with Gasteiger partial charge in [-0.15, -0.1) is 0 Å². The standard InChI is InChI=1S/C9H19NO2/c1-7(2)4-5-9(12)10-8(3)6-11/h7-8,11H,4-6H2,1-3H3,(H,10,12). The Hall–Kier alpha value is -0.570. The fourth-order valence-electron chi connectivity index (χ4n) is 0.812. The smallest absolute Gasteiger partial charge is 0.220 e. The van der Waals surface area contributed by atoms with Crippen LogP contribution in [0.1, 0.15) is 33.6 Å². The highest BCUT2D eigenvalue weighted by atomic mass is 16.3. The zero-order valence-electron chi connectivity index (χ0n) is 8.13. The summed E-state index contributed by atoms with van der Waals surface area (Å²) < 4.78 is 0. The van der Waals surface area contributed by atoms with Crippen molar-refractivity contribution >= 4 is 5.91 Å². The van der Waals surface area contributed by atoms with Gasteiger partial charge in [-0.05, 0) is 19.3 Å². The van der Waals surface area contributed by atoms with E-state index in [9.17, 15) is 4.79 Å². The van der Waals surface area contributed by atoms with E-state index in [1.165, 1.54) is 0 Å². The van der Waals surface area contributed by atoms with Crippen LogP contribution < -0.4 is 5.32 Å². The van der Waals surface area contributed by atoms with Gasteiger partial charge in [0.05, 0.1) is 6.61 Å². The van der Waals surface area contributed by atoms with Gasteiger partial charge in [-0.1, -0.05) is 13.8 Å². The van der Waals surface area contributed by atoms with Crippen molar-refractivity contribution in [1.29, 1.82) is 0 Å². The molecule has 3 nitrogen and oxygen atoms in total. The molecule has 2 N–H and O–H groups in total. The van der Waals surface area contributed by atoms with Crippen LogP contribution in [0.2, 0.25) is 0 Å². The Bertz CT molecular complexity index is 134. The third kappa shape index (κ3) is 6.16. The van der Waals surface area contributed by atoms with Crippen LogP contribution in [0.25, 0.3) is 0 Å². The van der Waals surface area contributed by atoms with E-state index in [1.807, 2.05) is 0 Å². The maximum absolute atomic E-state index is 11.1. The molecule has 1 atom stereocenters. The van der Waals surface area contributed by atoms with Gasteiger partial charge in [0.25, 0.3) is 0 Å². The molecule has 0 aromatic rings. The number of carbonyl (C=O) groups is 1. The van der Waals surface area contributed by atoms with E-state index in [4.69, 9.17) is 5.11 Å². The van der Waals surface area contributed by atoms with E-state index in [2.05, 4.69) is 19.2 Å². The van der Waals surface area contributed by atoms with Gasteiger partial charge in [-0.25, -0.2) is 0 Å². The van der Waals surface area contributed by atoms with Gasteiger partial charge in [0.2, 0.25) is 5.91 Å². The zero-order chi connectivity index (χ0) is 9.56. The second-order valence-corrected chi connectivity index (χ2v) is 3.58. The van der Waals surface area contributed by atoms with Crippen LogP contribution in [0, 0.1) is 5.92 Å². The molecule has 0 rings (SSSR count). The summed E-state index contributed by atoms with van der Waals surface area (Å²) in [7, 11) is 0. The lowest BCUT2D eigenvalue weighted by atomic mass is 10.1. The lowest BCUT2D eigenvalue weighted by Crippen LogP contribution is -2.34. The van der Waals surface area contributed by atoms with E-state index >= 15 is 0 Å². The first-order chi connectivity index (χ1) is 5.56. The fraction of sp³-hybridized carbons (Fsp3) is 0.889. The van der Waals surface area contributed by atoms with E-state index in [0.717, 1.165) is 6.42 Å². The molecule has 12 heavy (non-hydrogen) atoms. The molecule has 1 unspecified atom stereocenters. The number of carbonyl (C=O) groups excluding carboxylic acids is 1. The molecule has 0 aromatic carbocycles. The van der Waals surface area contributed by atoms with Crippen molar-refractivity contribution in [3.8, 4) is 0 Å². The average molecular weight is 173 g/mol. The van der Waals surface area contributed by atoms with Gasteiger partial charge in [-0.2, -0.15) is 0 Å². The zero-order valence-corrected chi connectivity index (χ0v) is 8.13. The first-order valence-corrected chi connectivity index (χ1v) is 4.46. The second-order valence-electron chi connectivity index (χ2n) is 3.58. The molecule has 0 saturated carbocycles. The van der Waals surface area contributed by atoms with Crippen LogP contribution in [0.4, 0.5) is 0 Å². The highest BCUT2D eigenvalue weighted by Crippen LogP contribution is 2.02. The fourth-order valence-corrected chi connectivity index (χ4v) is 0.812. The largest absolute Gasteiger partial charge is 0.394 e. The number of hydrogen-bond donors (Lipinski definition) is 2. The quantitative estimate of drug-likeness (QED) is 0.649. The first kappa shape index (κ1) is 11.4. The van der Waals surface area contributed by atoms with Crippen molar-refractivity contribution in [3.05, 3.63) is 0 Å². The summed E-state index contributed by atoms with van der Waals surface area (Å²) >= 11 is 0. The molecule has 0 aromatic heterocycles. The minimum absolute atomic E-state index is 0.00736. The molecule has 0 bridgehead atoms. The maximum Gasteiger partial charge on any atom is 0.220 e. The lowest BCUT2D eigenvalue weighted by molar-refractivity contribution is -0.122. The third-order valence-corrected chi connectivity index (χ3v) is 1.63. The summed E-state index contributed by atoms with van der Waals surface area (Å²) in [5, 5.41) is 11.3. The van der Waals surface area contributed by atoms with Crippen molar-refractivity contribution in [2.75, 3.05) is 6.61 Å². The van der Waals surface area contributed by atoms with Crippen molar-refractivity contribution in [1.82, 2.24) is 5.32 Å². The molecular weight excluding hydrogens is 154 g/mol. The number of nitrogens with one attached hydrogen (secondary N) is 1. The third-order valence-electron chi connectivity index (χ3n) is 1.63. The van der Waals surface area contributed by atoms with Gasteiger partial charge in [0.1, 0.15) is 0 Å². The molecule has 72 valence electrons. The molecule has 0 aliphatic heterocycles. The van der Waals surface area contributed by atoms with Gasteiger partial charge in [0.15, 0.2) is 0 Å². The summed E-state index contributed by atoms with van der Waals surface area (Å²) in [6.07, 6.45) is 1.46. The Labute approximate surface area is 74.2 Å². The molecule has 0 fully saturated rings. The van der Waals surface area contributed by atoms with Crippen molar-refractivity contribution in [2.45, 2.75) is 39.7 Å². The van der Waals surface area contributed by atoms with E-state index < -0.39 is 0 Å². The van der Waals surface area contributed by atoms with Crippen molar-refractivity contribution in [3.63, 3.8) is 0 Å². The topological polar surface area (TPSA) is 49.3 Å². The highest BCUT2D eigenvalue weighted by molar-refractivity contribution is 5.76. The second kappa shape index (κ2) is 6.00. The summed E-state index contributed by atoms with van der Waals surface area (Å²) in [5.41, 5.74) is 0. The SMILES string of the molecule is CC(C)CCC(=O)NC(C)CO. The predicted molar refractivity (Wildman–Crippen MR) is 48.8 cm³/mol. The van der Waals surface area contributed by atoms with Crippen LogP contribution >= 0.6 is 0 Å². The summed E-state index contributed by atoms with van der Waals surface area (Å²) in [5.74, 6) is 0.588. The minimum Gasteiger partial charge on any atom is -0.394 e. The lowest BCUT2D eigenvalue weighted by Gasteiger charge is -2.11. The molecule has 1 amide bonds. The monoisotopic (exact) mass is 173 g/mol.